The average Bonchev–Trinajstić information content (AvgIpc) is 2.46. The number of fused-ring (bicyclic) bond motifs is 2. The van der Waals surface area contributed by atoms with E-state index in [1.807, 2.05) is 0 Å². The van der Waals surface area contributed by atoms with E-state index in [1.54, 1.807) is 42.5 Å². The fourth-order valence-electron chi connectivity index (χ4n) is 2.45. The topological polar surface area (TPSA) is 60.4 Å². The van der Waals surface area contributed by atoms with Crippen molar-refractivity contribution >= 4 is 34.2 Å². The molecule has 1 aliphatic rings. The largest absolute Gasteiger partial charge is 0.606 e. The first-order valence-electron chi connectivity index (χ1n) is 6.47. The monoisotopic (exact) mass is 299 g/mol. The molecular formula is C16H13NO3S. The third-order valence-corrected chi connectivity index (χ3v) is 4.92. The van der Waals surface area contributed by atoms with Crippen LogP contribution in [0.25, 0.3) is 0 Å². The highest BCUT2D eigenvalue weighted by atomic mass is 32.2. The molecule has 0 fully saturated rings. The first-order valence-corrected chi connectivity index (χ1v) is 7.62. The van der Waals surface area contributed by atoms with Gasteiger partial charge in [0.1, 0.15) is 11.4 Å². The standard InChI is InChI=1S/C16H13NO3S/c1-10(18)12-7-8-16-14(9-12)17(11(2)19)13-5-3-4-6-15(13)21(16)20/h3-9H,1-2H3. The summed E-state index contributed by atoms with van der Waals surface area (Å²) >= 11 is -1.35. The number of ketones is 1. The first-order chi connectivity index (χ1) is 10.0. The van der Waals surface area contributed by atoms with Crippen LogP contribution in [-0.4, -0.2) is 16.2 Å². The highest BCUT2D eigenvalue weighted by Crippen LogP contribution is 2.44. The minimum Gasteiger partial charge on any atom is -0.606 e. The number of benzene rings is 2. The van der Waals surface area contributed by atoms with Gasteiger partial charge in [0, 0.05) is 23.7 Å². The van der Waals surface area contributed by atoms with Crippen LogP contribution in [0.15, 0.2) is 52.3 Å². The van der Waals surface area contributed by atoms with E-state index in [2.05, 4.69) is 0 Å². The van der Waals surface area contributed by atoms with Crippen molar-refractivity contribution in [1.82, 2.24) is 0 Å². The third kappa shape index (κ3) is 2.14. The average molecular weight is 299 g/mol. The Hall–Kier alpha value is -2.11. The van der Waals surface area contributed by atoms with Crippen LogP contribution in [0.1, 0.15) is 24.2 Å². The first kappa shape index (κ1) is 13.9. The molecule has 0 spiro atoms. The van der Waals surface area contributed by atoms with Crippen LogP contribution < -0.4 is 4.90 Å². The van der Waals surface area contributed by atoms with E-state index in [-0.39, 0.29) is 11.7 Å². The van der Waals surface area contributed by atoms with Crippen LogP contribution >= 0.6 is 0 Å². The fourth-order valence-corrected chi connectivity index (χ4v) is 3.77. The van der Waals surface area contributed by atoms with Crippen LogP contribution in [0, 0.1) is 0 Å². The number of hydrogen-bond donors (Lipinski definition) is 0. The Labute approximate surface area is 125 Å². The Morgan fingerprint density at radius 3 is 2.33 bits per heavy atom. The van der Waals surface area contributed by atoms with Crippen molar-refractivity contribution in [2.24, 2.45) is 0 Å². The molecule has 0 saturated carbocycles. The van der Waals surface area contributed by atoms with E-state index in [9.17, 15) is 14.1 Å². The van der Waals surface area contributed by atoms with Gasteiger partial charge in [-0.2, -0.15) is 0 Å². The Bertz CT molecular complexity index is 757. The summed E-state index contributed by atoms with van der Waals surface area (Å²) in [4.78, 5) is 26.3. The zero-order valence-corrected chi connectivity index (χ0v) is 12.4. The van der Waals surface area contributed by atoms with Crippen LogP contribution in [0.5, 0.6) is 0 Å². The summed E-state index contributed by atoms with van der Waals surface area (Å²) < 4.78 is 12.6. The summed E-state index contributed by atoms with van der Waals surface area (Å²) in [5.74, 6) is -0.271. The van der Waals surface area contributed by atoms with Gasteiger partial charge in [0.2, 0.25) is 5.91 Å². The lowest BCUT2D eigenvalue weighted by Crippen LogP contribution is -2.30. The highest BCUT2D eigenvalue weighted by Gasteiger charge is 2.35. The number of anilines is 2. The molecule has 0 aromatic heterocycles. The predicted molar refractivity (Wildman–Crippen MR) is 80.4 cm³/mol. The summed E-state index contributed by atoms with van der Waals surface area (Å²) in [5, 5.41) is 0. The van der Waals surface area contributed by atoms with E-state index in [1.165, 1.54) is 18.7 Å². The van der Waals surface area contributed by atoms with E-state index in [4.69, 9.17) is 0 Å². The molecule has 1 atom stereocenters. The zero-order valence-electron chi connectivity index (χ0n) is 11.6. The SMILES string of the molecule is CC(=O)c1ccc2c(c1)N(C(C)=O)c1ccccc1[S+]2[O-]. The van der Waals surface area contributed by atoms with E-state index >= 15 is 0 Å². The maximum Gasteiger partial charge on any atom is 0.228 e. The second-order valence-corrected chi connectivity index (χ2v) is 6.25. The van der Waals surface area contributed by atoms with Crippen LogP contribution in [0.3, 0.4) is 0 Å². The van der Waals surface area contributed by atoms with Crippen molar-refractivity contribution in [2.45, 2.75) is 23.6 Å². The number of carbonyl (C=O) groups excluding carboxylic acids is 2. The molecule has 1 heterocycles. The summed E-state index contributed by atoms with van der Waals surface area (Å²) in [6.07, 6.45) is 0. The molecule has 1 amide bonds. The second kappa shape index (κ2) is 5.02. The van der Waals surface area contributed by atoms with E-state index in [0.717, 1.165) is 0 Å². The van der Waals surface area contributed by atoms with Gasteiger partial charge in [-0.3, -0.25) is 14.5 Å². The van der Waals surface area contributed by atoms with E-state index in [0.29, 0.717) is 26.7 Å². The molecule has 0 saturated heterocycles. The van der Waals surface area contributed by atoms with Gasteiger partial charge in [0.15, 0.2) is 15.6 Å². The minimum atomic E-state index is -1.35. The minimum absolute atomic E-state index is 0.0917. The number of nitrogens with zero attached hydrogens (tertiary/aromatic N) is 1. The molecule has 0 bridgehead atoms. The van der Waals surface area contributed by atoms with Gasteiger partial charge in [0.25, 0.3) is 0 Å². The Balaban J connectivity index is 2.28. The smallest absolute Gasteiger partial charge is 0.228 e. The quantitative estimate of drug-likeness (QED) is 0.600. The van der Waals surface area contributed by atoms with Gasteiger partial charge in [-0.15, -0.1) is 0 Å². The van der Waals surface area contributed by atoms with Gasteiger partial charge in [-0.1, -0.05) is 12.1 Å². The molecule has 106 valence electrons. The highest BCUT2D eigenvalue weighted by molar-refractivity contribution is 7.92. The number of Topliss-reactive ketones (excluding diaryl/α,β-unsaturated/α-hetero) is 1. The molecular weight excluding hydrogens is 286 g/mol. The predicted octanol–water partition coefficient (Wildman–Crippen LogP) is 3.05. The van der Waals surface area contributed by atoms with Crippen LogP contribution in [-0.2, 0) is 16.0 Å². The van der Waals surface area contributed by atoms with Crippen molar-refractivity contribution in [3.8, 4) is 0 Å². The summed E-state index contributed by atoms with van der Waals surface area (Å²) in [7, 11) is 0. The van der Waals surface area contributed by atoms with Crippen molar-refractivity contribution in [3.05, 3.63) is 48.0 Å². The molecule has 0 aliphatic carbocycles. The van der Waals surface area contributed by atoms with Crippen molar-refractivity contribution < 1.29 is 14.1 Å². The molecule has 5 heteroatoms. The molecule has 1 unspecified atom stereocenters. The Morgan fingerprint density at radius 2 is 1.67 bits per heavy atom. The lowest BCUT2D eigenvalue weighted by atomic mass is 10.1. The van der Waals surface area contributed by atoms with Gasteiger partial charge in [-0.05, 0) is 37.3 Å². The zero-order chi connectivity index (χ0) is 15.1. The van der Waals surface area contributed by atoms with Gasteiger partial charge in [-0.25, -0.2) is 0 Å². The normalized spacial score (nSPS) is 16.1. The number of carbonyl (C=O) groups is 2. The lowest BCUT2D eigenvalue weighted by molar-refractivity contribution is -0.115. The Kier molecular flexibility index (Phi) is 3.31. The van der Waals surface area contributed by atoms with Gasteiger partial charge < -0.3 is 4.55 Å². The number of para-hydroxylation sites is 1. The summed E-state index contributed by atoms with van der Waals surface area (Å²) in [6.45, 7) is 2.92. The van der Waals surface area contributed by atoms with Crippen molar-refractivity contribution in [1.29, 1.82) is 0 Å². The van der Waals surface area contributed by atoms with Crippen molar-refractivity contribution in [3.63, 3.8) is 0 Å². The van der Waals surface area contributed by atoms with Gasteiger partial charge >= 0.3 is 0 Å². The maximum atomic E-state index is 12.6. The number of rotatable bonds is 1. The van der Waals surface area contributed by atoms with E-state index < -0.39 is 11.2 Å². The third-order valence-electron chi connectivity index (χ3n) is 3.43. The number of amides is 1. The molecule has 21 heavy (non-hydrogen) atoms. The van der Waals surface area contributed by atoms with Crippen LogP contribution in [0.4, 0.5) is 11.4 Å². The number of hydrogen-bond acceptors (Lipinski definition) is 3. The molecule has 0 radical (unpaired) electrons. The van der Waals surface area contributed by atoms with Crippen LogP contribution in [0.2, 0.25) is 0 Å². The molecule has 1 aliphatic heterocycles. The molecule has 4 nitrogen and oxygen atoms in total. The maximum absolute atomic E-state index is 12.6. The van der Waals surface area contributed by atoms with Crippen molar-refractivity contribution in [2.75, 3.05) is 4.90 Å². The second-order valence-electron chi connectivity index (χ2n) is 4.83. The van der Waals surface area contributed by atoms with Gasteiger partial charge in [0.05, 0.1) is 0 Å². The summed E-state index contributed by atoms with van der Waals surface area (Å²) in [6, 6.07) is 12.0. The fraction of sp³-hybridized carbons (Fsp3) is 0.125. The Morgan fingerprint density at radius 1 is 1.00 bits per heavy atom. The lowest BCUT2D eigenvalue weighted by Gasteiger charge is -2.30. The molecule has 3 rings (SSSR count). The molecule has 2 aromatic rings. The summed E-state index contributed by atoms with van der Waals surface area (Å²) in [5.41, 5.74) is 1.63. The molecule has 2 aromatic carbocycles. The molecule has 0 N–H and O–H groups in total.